The maximum atomic E-state index is 12.4. The monoisotopic (exact) mass is 334 g/mol. The van der Waals surface area contributed by atoms with Gasteiger partial charge in [0.15, 0.2) is 9.84 Å². The van der Waals surface area contributed by atoms with Crippen LogP contribution in [0.25, 0.3) is 5.82 Å². The third kappa shape index (κ3) is 3.76. The molecule has 1 amide bonds. The average molecular weight is 334 g/mol. The minimum atomic E-state index is -3.06. The van der Waals surface area contributed by atoms with Gasteiger partial charge in [0, 0.05) is 18.4 Å². The van der Waals surface area contributed by atoms with E-state index < -0.39 is 9.84 Å². The van der Waals surface area contributed by atoms with E-state index in [9.17, 15) is 13.2 Å². The summed E-state index contributed by atoms with van der Waals surface area (Å²) >= 11 is 0. The number of sulfone groups is 1. The maximum absolute atomic E-state index is 12.4. The molecule has 1 atom stereocenters. The van der Waals surface area contributed by atoms with E-state index in [1.807, 2.05) is 13.0 Å². The van der Waals surface area contributed by atoms with Crippen LogP contribution in [0.5, 0.6) is 0 Å². The first-order chi connectivity index (χ1) is 10.9. The number of nitrogens with one attached hydrogen (secondary N) is 1. The number of carbonyl (C=O) groups excluding carboxylic acids is 1. The molecular weight excluding hydrogens is 316 g/mol. The lowest BCUT2D eigenvalue weighted by atomic mass is 10.1. The summed E-state index contributed by atoms with van der Waals surface area (Å²) in [6.07, 6.45) is 6.24. The zero-order valence-electron chi connectivity index (χ0n) is 12.8. The number of aryl methyl sites for hydroxylation is 1. The molecule has 0 aromatic carbocycles. The minimum Gasteiger partial charge on any atom is -0.347 e. The largest absolute Gasteiger partial charge is 0.347 e. The van der Waals surface area contributed by atoms with E-state index >= 15 is 0 Å². The predicted molar refractivity (Wildman–Crippen MR) is 85.2 cm³/mol. The van der Waals surface area contributed by atoms with Gasteiger partial charge in [0.1, 0.15) is 17.8 Å². The average Bonchev–Trinajstić information content (AvgIpc) is 2.99. The van der Waals surface area contributed by atoms with E-state index in [1.165, 1.54) is 0 Å². The van der Waals surface area contributed by atoms with Gasteiger partial charge in [-0.2, -0.15) is 0 Å². The summed E-state index contributed by atoms with van der Waals surface area (Å²) in [5.41, 5.74) is 1.17. The molecule has 122 valence electrons. The summed E-state index contributed by atoms with van der Waals surface area (Å²) in [4.78, 5) is 20.7. The van der Waals surface area contributed by atoms with Gasteiger partial charge >= 0.3 is 0 Å². The first-order valence-electron chi connectivity index (χ1n) is 7.41. The van der Waals surface area contributed by atoms with Crippen LogP contribution < -0.4 is 5.32 Å². The fourth-order valence-electron chi connectivity index (χ4n) is 2.69. The predicted octanol–water partition coefficient (Wildman–Crippen LogP) is 0.883. The topological polar surface area (TPSA) is 94.0 Å². The molecule has 2 aromatic rings. The van der Waals surface area contributed by atoms with Crippen molar-refractivity contribution in [1.82, 2.24) is 19.9 Å². The Morgan fingerprint density at radius 2 is 2.22 bits per heavy atom. The molecule has 0 saturated carbocycles. The molecule has 0 spiro atoms. The van der Waals surface area contributed by atoms with Gasteiger partial charge in [-0.1, -0.05) is 0 Å². The minimum absolute atomic E-state index is 0.00106. The van der Waals surface area contributed by atoms with Crippen LogP contribution >= 0.6 is 0 Å². The van der Waals surface area contributed by atoms with Crippen molar-refractivity contribution in [3.63, 3.8) is 0 Å². The van der Waals surface area contributed by atoms with Crippen LogP contribution in [0, 0.1) is 6.92 Å². The van der Waals surface area contributed by atoms with Gasteiger partial charge < -0.3 is 5.32 Å². The molecule has 1 N–H and O–H groups in total. The Labute approximate surface area is 134 Å². The Morgan fingerprint density at radius 1 is 1.39 bits per heavy atom. The Hall–Kier alpha value is -2.22. The third-order valence-electron chi connectivity index (χ3n) is 3.76. The molecule has 7 nitrogen and oxygen atoms in total. The number of amides is 1. The number of carbonyl (C=O) groups is 1. The Bertz CT molecular complexity index is 815. The first-order valence-corrected chi connectivity index (χ1v) is 9.23. The molecule has 1 fully saturated rings. The van der Waals surface area contributed by atoms with E-state index in [4.69, 9.17) is 0 Å². The molecule has 1 unspecified atom stereocenters. The summed E-state index contributed by atoms with van der Waals surface area (Å²) in [6.45, 7) is 1.88. The molecule has 1 aliphatic rings. The molecule has 23 heavy (non-hydrogen) atoms. The molecule has 1 saturated heterocycles. The summed E-state index contributed by atoms with van der Waals surface area (Å²) in [7, 11) is -3.06. The van der Waals surface area contributed by atoms with Gasteiger partial charge in [-0.3, -0.25) is 9.36 Å². The quantitative estimate of drug-likeness (QED) is 0.899. The van der Waals surface area contributed by atoms with Crippen molar-refractivity contribution in [1.29, 1.82) is 0 Å². The SMILES string of the molecule is Cc1cc(C(=O)NC2CCCS(=O)(=O)C2)nc(-n2ccnc2)c1. The highest BCUT2D eigenvalue weighted by Crippen LogP contribution is 2.14. The molecule has 3 rings (SSSR count). The number of rotatable bonds is 3. The van der Waals surface area contributed by atoms with E-state index in [0.717, 1.165) is 5.56 Å². The highest BCUT2D eigenvalue weighted by Gasteiger charge is 2.26. The molecular formula is C15H18N4O3S. The van der Waals surface area contributed by atoms with Crippen molar-refractivity contribution < 1.29 is 13.2 Å². The highest BCUT2D eigenvalue weighted by molar-refractivity contribution is 7.91. The summed E-state index contributed by atoms with van der Waals surface area (Å²) in [6, 6.07) is 3.19. The van der Waals surface area contributed by atoms with Gasteiger partial charge in [-0.15, -0.1) is 0 Å². The molecule has 1 aliphatic heterocycles. The second-order valence-electron chi connectivity index (χ2n) is 5.78. The van der Waals surface area contributed by atoms with E-state index in [1.54, 1.807) is 29.4 Å². The van der Waals surface area contributed by atoms with Crippen molar-refractivity contribution in [2.24, 2.45) is 0 Å². The number of hydrogen-bond acceptors (Lipinski definition) is 5. The van der Waals surface area contributed by atoms with E-state index in [-0.39, 0.29) is 29.1 Å². The summed E-state index contributed by atoms with van der Waals surface area (Å²) in [5.74, 6) is 0.451. The normalized spacial score (nSPS) is 20.1. The smallest absolute Gasteiger partial charge is 0.270 e. The Balaban J connectivity index is 1.80. The second kappa shape index (κ2) is 6.11. The van der Waals surface area contributed by atoms with Crippen molar-refractivity contribution in [3.8, 4) is 5.82 Å². The lowest BCUT2D eigenvalue weighted by Crippen LogP contribution is -2.43. The molecule has 8 heteroatoms. The second-order valence-corrected chi connectivity index (χ2v) is 8.01. The van der Waals surface area contributed by atoms with Gasteiger partial charge in [0.2, 0.25) is 0 Å². The number of imidazole rings is 1. The van der Waals surface area contributed by atoms with Crippen molar-refractivity contribution in [2.75, 3.05) is 11.5 Å². The highest BCUT2D eigenvalue weighted by atomic mass is 32.2. The van der Waals surface area contributed by atoms with Gasteiger partial charge in [0.25, 0.3) is 5.91 Å². The lowest BCUT2D eigenvalue weighted by Gasteiger charge is -2.22. The summed E-state index contributed by atoms with van der Waals surface area (Å²) < 4.78 is 25.0. The zero-order valence-corrected chi connectivity index (χ0v) is 13.6. The lowest BCUT2D eigenvalue weighted by molar-refractivity contribution is 0.0933. The first kappa shape index (κ1) is 15.7. The third-order valence-corrected chi connectivity index (χ3v) is 5.58. The maximum Gasteiger partial charge on any atom is 0.270 e. The van der Waals surface area contributed by atoms with Gasteiger partial charge in [-0.25, -0.2) is 18.4 Å². The van der Waals surface area contributed by atoms with Crippen LogP contribution in [0.1, 0.15) is 28.9 Å². The van der Waals surface area contributed by atoms with E-state index in [2.05, 4.69) is 15.3 Å². The molecule has 2 aromatic heterocycles. The fourth-order valence-corrected chi connectivity index (χ4v) is 4.32. The van der Waals surface area contributed by atoms with Crippen LogP contribution in [-0.4, -0.2) is 46.4 Å². The molecule has 0 radical (unpaired) electrons. The zero-order chi connectivity index (χ0) is 16.4. The number of hydrogen-bond donors (Lipinski definition) is 1. The Kier molecular flexibility index (Phi) is 4.16. The number of pyridine rings is 1. The molecule has 0 bridgehead atoms. The van der Waals surface area contributed by atoms with Crippen LogP contribution in [0.2, 0.25) is 0 Å². The molecule has 0 aliphatic carbocycles. The standard InChI is InChI=1S/C15H18N4O3S/c1-11-7-13(18-14(8-11)19-5-4-16-10-19)15(20)17-12-3-2-6-23(21,22)9-12/h4-5,7-8,10,12H,2-3,6,9H2,1H3,(H,17,20). The van der Waals surface area contributed by atoms with Gasteiger partial charge in [0.05, 0.1) is 11.5 Å². The van der Waals surface area contributed by atoms with Gasteiger partial charge in [-0.05, 0) is 37.5 Å². The van der Waals surface area contributed by atoms with Crippen molar-refractivity contribution in [2.45, 2.75) is 25.8 Å². The van der Waals surface area contributed by atoms with Crippen LogP contribution in [0.15, 0.2) is 30.9 Å². The Morgan fingerprint density at radius 3 is 2.91 bits per heavy atom. The fraction of sp³-hybridized carbons (Fsp3) is 0.400. The van der Waals surface area contributed by atoms with Crippen LogP contribution in [-0.2, 0) is 9.84 Å². The number of aromatic nitrogens is 3. The molecule has 3 heterocycles. The number of nitrogens with zero attached hydrogens (tertiary/aromatic N) is 3. The van der Waals surface area contributed by atoms with E-state index in [0.29, 0.717) is 18.7 Å². The van der Waals surface area contributed by atoms with Crippen molar-refractivity contribution >= 4 is 15.7 Å². The van der Waals surface area contributed by atoms with Crippen LogP contribution in [0.4, 0.5) is 0 Å². The van der Waals surface area contributed by atoms with Crippen molar-refractivity contribution in [3.05, 3.63) is 42.1 Å². The summed E-state index contributed by atoms with van der Waals surface area (Å²) in [5, 5.41) is 2.79. The van der Waals surface area contributed by atoms with Crippen LogP contribution in [0.3, 0.4) is 0 Å².